The van der Waals surface area contributed by atoms with Gasteiger partial charge in [-0.05, 0) is 18.2 Å². The number of rotatable bonds is 2. The molecule has 0 saturated carbocycles. The van der Waals surface area contributed by atoms with Gasteiger partial charge in [-0.2, -0.15) is 0 Å². The van der Waals surface area contributed by atoms with Crippen LogP contribution in [0.1, 0.15) is 6.42 Å². The lowest BCUT2D eigenvalue weighted by Crippen LogP contribution is -2.34. The maximum absolute atomic E-state index is 10.6. The molecule has 1 aliphatic carbocycles. The van der Waals surface area contributed by atoms with Gasteiger partial charge in [0.1, 0.15) is 5.76 Å². The van der Waals surface area contributed by atoms with Gasteiger partial charge in [-0.1, -0.05) is 6.58 Å². The predicted octanol–water partition coefficient (Wildman–Crippen LogP) is 1.59. The van der Waals surface area contributed by atoms with Crippen LogP contribution in [0.4, 0.5) is 0 Å². The largest absolute Gasteiger partial charge is 0.508 e. The van der Waals surface area contributed by atoms with Gasteiger partial charge in [0, 0.05) is 17.4 Å². The van der Waals surface area contributed by atoms with Crippen molar-refractivity contribution in [1.29, 1.82) is 0 Å². The Kier molecular flexibility index (Phi) is 1.99. The SMILES string of the molecule is C=CC1([N+](=O)[O-])C=CC(O)=CC1. The van der Waals surface area contributed by atoms with E-state index in [1.54, 1.807) is 0 Å². The fourth-order valence-corrected chi connectivity index (χ4v) is 0.995. The number of allylic oxidation sites excluding steroid dienone is 1. The van der Waals surface area contributed by atoms with Crippen LogP contribution in [0.5, 0.6) is 0 Å². The summed E-state index contributed by atoms with van der Waals surface area (Å²) in [5.41, 5.74) is -1.23. The number of nitrogens with zero attached hydrogens (tertiary/aromatic N) is 1. The first-order chi connectivity index (χ1) is 5.60. The van der Waals surface area contributed by atoms with E-state index in [9.17, 15) is 10.1 Å². The lowest BCUT2D eigenvalue weighted by Gasteiger charge is -2.18. The second kappa shape index (κ2) is 2.81. The zero-order valence-corrected chi connectivity index (χ0v) is 6.43. The van der Waals surface area contributed by atoms with Gasteiger partial charge in [0.2, 0.25) is 0 Å². The van der Waals surface area contributed by atoms with Crippen molar-refractivity contribution >= 4 is 0 Å². The van der Waals surface area contributed by atoms with E-state index in [1.165, 1.54) is 24.3 Å². The zero-order chi connectivity index (χ0) is 9.19. The molecule has 1 rings (SSSR count). The predicted molar refractivity (Wildman–Crippen MR) is 44.4 cm³/mol. The van der Waals surface area contributed by atoms with Crippen LogP contribution in [-0.4, -0.2) is 15.6 Å². The molecule has 0 radical (unpaired) electrons. The average molecular weight is 167 g/mol. The molecule has 64 valence electrons. The van der Waals surface area contributed by atoms with Gasteiger partial charge in [0.05, 0.1) is 0 Å². The first-order valence-corrected chi connectivity index (χ1v) is 3.47. The highest BCUT2D eigenvalue weighted by molar-refractivity contribution is 5.26. The van der Waals surface area contributed by atoms with E-state index >= 15 is 0 Å². The molecular weight excluding hydrogens is 158 g/mol. The van der Waals surface area contributed by atoms with Crippen LogP contribution in [0.25, 0.3) is 0 Å². The van der Waals surface area contributed by atoms with E-state index < -0.39 is 10.5 Å². The van der Waals surface area contributed by atoms with Crippen molar-refractivity contribution in [3.05, 3.63) is 46.8 Å². The summed E-state index contributed by atoms with van der Waals surface area (Å²) in [5.74, 6) is 0.0642. The maximum atomic E-state index is 10.6. The van der Waals surface area contributed by atoms with E-state index in [4.69, 9.17) is 5.11 Å². The lowest BCUT2D eigenvalue weighted by molar-refractivity contribution is -0.539. The minimum atomic E-state index is -1.23. The summed E-state index contributed by atoms with van der Waals surface area (Å²) in [6.45, 7) is 3.40. The fourth-order valence-electron chi connectivity index (χ4n) is 0.995. The van der Waals surface area contributed by atoms with Gasteiger partial charge in [0.15, 0.2) is 0 Å². The van der Waals surface area contributed by atoms with Gasteiger partial charge in [0.25, 0.3) is 5.54 Å². The highest BCUT2D eigenvalue weighted by atomic mass is 16.6. The Morgan fingerprint density at radius 1 is 1.83 bits per heavy atom. The molecule has 0 fully saturated rings. The molecule has 0 spiro atoms. The summed E-state index contributed by atoms with van der Waals surface area (Å²) in [6.07, 6.45) is 5.49. The van der Waals surface area contributed by atoms with E-state index in [2.05, 4.69) is 6.58 Å². The first kappa shape index (κ1) is 8.52. The molecule has 1 aliphatic rings. The summed E-state index contributed by atoms with van der Waals surface area (Å²) in [6, 6.07) is 0. The molecule has 0 heterocycles. The second-order valence-corrected chi connectivity index (χ2v) is 2.62. The van der Waals surface area contributed by atoms with Crippen molar-refractivity contribution in [2.24, 2.45) is 0 Å². The third-order valence-electron chi connectivity index (χ3n) is 1.87. The van der Waals surface area contributed by atoms with Crippen molar-refractivity contribution in [1.82, 2.24) is 0 Å². The molecule has 12 heavy (non-hydrogen) atoms. The average Bonchev–Trinajstić information content (AvgIpc) is 2.06. The lowest BCUT2D eigenvalue weighted by atomic mass is 9.92. The minimum absolute atomic E-state index is 0.0642. The highest BCUT2D eigenvalue weighted by Crippen LogP contribution is 2.24. The van der Waals surface area contributed by atoms with Crippen molar-refractivity contribution in [2.45, 2.75) is 12.0 Å². The van der Waals surface area contributed by atoms with Gasteiger partial charge < -0.3 is 5.11 Å². The standard InChI is InChI=1S/C8H9NO3/c1-2-8(9(11)12)5-3-7(10)4-6-8/h2-5,10H,1,6H2. The molecule has 0 aliphatic heterocycles. The van der Waals surface area contributed by atoms with Crippen LogP contribution in [0, 0.1) is 10.1 Å². The molecule has 0 bridgehead atoms. The second-order valence-electron chi connectivity index (χ2n) is 2.62. The van der Waals surface area contributed by atoms with Gasteiger partial charge >= 0.3 is 0 Å². The van der Waals surface area contributed by atoms with Crippen LogP contribution < -0.4 is 0 Å². The molecule has 0 saturated heterocycles. The quantitative estimate of drug-likeness (QED) is 0.386. The first-order valence-electron chi connectivity index (χ1n) is 3.47. The Labute approximate surface area is 69.7 Å². The Morgan fingerprint density at radius 3 is 2.83 bits per heavy atom. The third kappa shape index (κ3) is 1.23. The van der Waals surface area contributed by atoms with Crippen LogP contribution in [-0.2, 0) is 0 Å². The van der Waals surface area contributed by atoms with Crippen LogP contribution in [0.3, 0.4) is 0 Å². The van der Waals surface area contributed by atoms with Crippen molar-refractivity contribution in [3.63, 3.8) is 0 Å². The molecule has 0 aromatic rings. The van der Waals surface area contributed by atoms with Crippen LogP contribution in [0.2, 0.25) is 0 Å². The molecule has 1 N–H and O–H groups in total. The molecule has 1 atom stereocenters. The van der Waals surface area contributed by atoms with Gasteiger partial charge in [-0.3, -0.25) is 10.1 Å². The molecule has 0 aromatic carbocycles. The highest BCUT2D eigenvalue weighted by Gasteiger charge is 2.36. The molecule has 1 unspecified atom stereocenters. The molecular formula is C8H9NO3. The smallest absolute Gasteiger partial charge is 0.262 e. The Balaban J connectivity index is 2.95. The molecule has 4 nitrogen and oxygen atoms in total. The van der Waals surface area contributed by atoms with E-state index in [0.717, 1.165) is 0 Å². The Bertz CT molecular complexity index is 280. The fraction of sp³-hybridized carbons (Fsp3) is 0.250. The number of aliphatic hydroxyl groups excluding tert-OH is 1. The zero-order valence-electron chi connectivity index (χ0n) is 6.43. The summed E-state index contributed by atoms with van der Waals surface area (Å²) in [4.78, 5) is 10.2. The molecule has 0 amide bonds. The molecule has 4 heteroatoms. The summed E-state index contributed by atoms with van der Waals surface area (Å²) < 4.78 is 0. The van der Waals surface area contributed by atoms with Crippen molar-refractivity contribution in [2.75, 3.05) is 0 Å². The maximum Gasteiger partial charge on any atom is 0.262 e. The normalized spacial score (nSPS) is 27.8. The van der Waals surface area contributed by atoms with Gasteiger partial charge in [-0.25, -0.2) is 0 Å². The van der Waals surface area contributed by atoms with E-state index in [0.29, 0.717) is 0 Å². The number of hydrogen-bond donors (Lipinski definition) is 1. The monoisotopic (exact) mass is 167 g/mol. The van der Waals surface area contributed by atoms with Crippen LogP contribution in [0.15, 0.2) is 36.6 Å². The number of nitro groups is 1. The van der Waals surface area contributed by atoms with E-state index in [-0.39, 0.29) is 12.2 Å². The Hall–Kier alpha value is -1.58. The minimum Gasteiger partial charge on any atom is -0.508 e. The van der Waals surface area contributed by atoms with E-state index in [1.807, 2.05) is 0 Å². The molecule has 0 aromatic heterocycles. The third-order valence-corrected chi connectivity index (χ3v) is 1.87. The summed E-state index contributed by atoms with van der Waals surface area (Å²) in [7, 11) is 0. The Morgan fingerprint density at radius 2 is 2.50 bits per heavy atom. The summed E-state index contributed by atoms with van der Waals surface area (Å²) in [5, 5.41) is 19.5. The van der Waals surface area contributed by atoms with Crippen molar-refractivity contribution < 1.29 is 10.0 Å². The topological polar surface area (TPSA) is 63.4 Å². The van der Waals surface area contributed by atoms with Crippen molar-refractivity contribution in [3.8, 4) is 0 Å². The number of aliphatic hydroxyl groups is 1. The number of hydrogen-bond acceptors (Lipinski definition) is 3. The summed E-state index contributed by atoms with van der Waals surface area (Å²) >= 11 is 0. The van der Waals surface area contributed by atoms with Crippen LogP contribution >= 0.6 is 0 Å². The van der Waals surface area contributed by atoms with Gasteiger partial charge in [-0.15, -0.1) is 0 Å².